The van der Waals surface area contributed by atoms with E-state index in [9.17, 15) is 9.59 Å². The monoisotopic (exact) mass is 422 g/mol. The van der Waals surface area contributed by atoms with Gasteiger partial charge in [-0.1, -0.05) is 71.5 Å². The minimum Gasteiger partial charge on any atom is -0.312 e. The fourth-order valence-electron chi connectivity index (χ4n) is 4.75. The normalized spacial score (nSPS) is 16.4. The van der Waals surface area contributed by atoms with Crippen molar-refractivity contribution in [2.24, 2.45) is 0 Å². The quantitative estimate of drug-likeness (QED) is 0.544. The lowest BCUT2D eigenvalue weighted by Crippen LogP contribution is -2.32. The van der Waals surface area contributed by atoms with E-state index < -0.39 is 0 Å². The van der Waals surface area contributed by atoms with Crippen LogP contribution in [-0.4, -0.2) is 24.9 Å². The average Bonchev–Trinajstić information content (AvgIpc) is 3.39. The van der Waals surface area contributed by atoms with Gasteiger partial charge in [-0.3, -0.25) is 9.59 Å². The third-order valence-corrected chi connectivity index (χ3v) is 5.93. The Kier molecular flexibility index (Phi) is 8.85. The summed E-state index contributed by atoms with van der Waals surface area (Å²) < 4.78 is 0. The van der Waals surface area contributed by atoms with Crippen LogP contribution in [0, 0.1) is 0 Å². The second-order valence-corrected chi connectivity index (χ2v) is 7.47. The van der Waals surface area contributed by atoms with E-state index in [2.05, 4.69) is 36.4 Å². The number of aryl methyl sites for hydroxylation is 2. The molecule has 0 atom stereocenters. The molecule has 2 aromatic carbocycles. The zero-order chi connectivity index (χ0) is 21.7. The van der Waals surface area contributed by atoms with E-state index in [0.29, 0.717) is 18.7 Å². The largest absolute Gasteiger partial charge is 0.312 e. The molecule has 4 heteroatoms. The molecule has 0 fully saturated rings. The predicted molar refractivity (Wildman–Crippen MR) is 131 cm³/mol. The number of rotatable bonds is 0. The van der Waals surface area contributed by atoms with Gasteiger partial charge in [0.25, 0.3) is 0 Å². The van der Waals surface area contributed by atoms with Gasteiger partial charge in [-0.05, 0) is 47.9 Å². The lowest BCUT2D eigenvalue weighted by Gasteiger charge is -2.25. The predicted octanol–water partition coefficient (Wildman–Crippen LogP) is 5.73. The van der Waals surface area contributed by atoms with Gasteiger partial charge in [0, 0.05) is 19.5 Å². The van der Waals surface area contributed by atoms with Gasteiger partial charge in [-0.2, -0.15) is 0 Å². The third kappa shape index (κ3) is 4.68. The van der Waals surface area contributed by atoms with Crippen molar-refractivity contribution in [3.63, 3.8) is 0 Å². The summed E-state index contributed by atoms with van der Waals surface area (Å²) in [7, 11) is 0. The Morgan fingerprint density at radius 3 is 1.81 bits per heavy atom. The first-order valence-electron chi connectivity index (χ1n) is 11.5. The van der Waals surface area contributed by atoms with E-state index in [4.69, 9.17) is 0 Å². The molecule has 0 saturated heterocycles. The number of carbonyl (C=O) groups is 2. The standard InChI is InChI=1S/2C11H11NO.2C2H6.CH4/c13-10-7-9-4-1-3-8-5-2-6-12(10)11(8)9;13-10-5-4-8-2-1-3-9-6-7-12(10)11(8)9;2*1-2;/h1,3-4H,2,5-7H2;1-3H,4-7H2;2*1-2H3;1H4. The number of hydrogen-bond donors (Lipinski definition) is 0. The van der Waals surface area contributed by atoms with Crippen LogP contribution in [0.15, 0.2) is 36.4 Å². The molecule has 0 saturated carbocycles. The highest BCUT2D eigenvalue weighted by Crippen LogP contribution is 2.37. The number of benzene rings is 2. The molecule has 0 radical (unpaired) electrons. The van der Waals surface area contributed by atoms with Gasteiger partial charge in [-0.15, -0.1) is 0 Å². The van der Waals surface area contributed by atoms with Crippen molar-refractivity contribution in [2.75, 3.05) is 22.9 Å². The van der Waals surface area contributed by atoms with Crippen molar-refractivity contribution in [2.45, 2.75) is 73.6 Å². The Hall–Kier alpha value is -2.62. The van der Waals surface area contributed by atoms with Gasteiger partial charge in [0.05, 0.1) is 17.8 Å². The number of carbonyl (C=O) groups excluding carboxylic acids is 2. The summed E-state index contributed by atoms with van der Waals surface area (Å²) in [5.74, 6) is 0.583. The summed E-state index contributed by atoms with van der Waals surface area (Å²) in [6.07, 6.45) is 5.52. The molecule has 4 nitrogen and oxygen atoms in total. The molecule has 2 aromatic rings. The van der Waals surface area contributed by atoms with E-state index in [1.165, 1.54) is 33.6 Å². The Morgan fingerprint density at radius 1 is 0.613 bits per heavy atom. The summed E-state index contributed by atoms with van der Waals surface area (Å²) in [6.45, 7) is 9.81. The number of anilines is 2. The zero-order valence-electron chi connectivity index (χ0n) is 18.8. The second-order valence-electron chi connectivity index (χ2n) is 7.47. The smallest absolute Gasteiger partial charge is 0.231 e. The van der Waals surface area contributed by atoms with Crippen molar-refractivity contribution >= 4 is 23.2 Å². The highest BCUT2D eigenvalue weighted by Gasteiger charge is 2.31. The second kappa shape index (κ2) is 11.1. The summed E-state index contributed by atoms with van der Waals surface area (Å²) in [6, 6.07) is 12.7. The van der Waals surface area contributed by atoms with Crippen LogP contribution in [-0.2, 0) is 35.3 Å². The highest BCUT2D eigenvalue weighted by atomic mass is 16.2. The molecule has 4 heterocycles. The fraction of sp³-hybridized carbons (Fsp3) is 0.481. The van der Waals surface area contributed by atoms with Crippen LogP contribution in [0.5, 0.6) is 0 Å². The summed E-state index contributed by atoms with van der Waals surface area (Å²) >= 11 is 0. The minimum absolute atomic E-state index is 0. The van der Waals surface area contributed by atoms with Crippen LogP contribution in [0.4, 0.5) is 11.4 Å². The lowest BCUT2D eigenvalue weighted by molar-refractivity contribution is -0.119. The van der Waals surface area contributed by atoms with Crippen molar-refractivity contribution in [3.05, 3.63) is 58.7 Å². The van der Waals surface area contributed by atoms with Gasteiger partial charge in [-0.25, -0.2) is 0 Å². The maximum absolute atomic E-state index is 11.6. The summed E-state index contributed by atoms with van der Waals surface area (Å²) in [5, 5.41) is 0. The van der Waals surface area contributed by atoms with Crippen LogP contribution < -0.4 is 9.80 Å². The summed E-state index contributed by atoms with van der Waals surface area (Å²) in [4.78, 5) is 27.0. The Balaban J connectivity index is 0.000000185. The Bertz CT molecular complexity index is 910. The average molecular weight is 423 g/mol. The molecule has 0 unspecified atom stereocenters. The molecule has 0 aliphatic carbocycles. The molecule has 4 aliphatic rings. The first kappa shape index (κ1) is 24.6. The molecule has 2 amide bonds. The molecule has 0 aromatic heterocycles. The molecule has 168 valence electrons. The van der Waals surface area contributed by atoms with Gasteiger partial charge in [0.1, 0.15) is 0 Å². The van der Waals surface area contributed by atoms with Gasteiger partial charge in [0.15, 0.2) is 0 Å². The first-order valence-corrected chi connectivity index (χ1v) is 11.5. The van der Waals surface area contributed by atoms with E-state index >= 15 is 0 Å². The maximum atomic E-state index is 11.6. The SMILES string of the molecule is C.CC.CC.O=C1CCc2cccc3c2N1CC3.O=C1Cc2cccc3c2N1CCC3. The first-order chi connectivity index (χ1) is 14.7. The number of amides is 2. The molecule has 6 rings (SSSR count). The van der Waals surface area contributed by atoms with Crippen LogP contribution in [0.2, 0.25) is 0 Å². The van der Waals surface area contributed by atoms with Gasteiger partial charge >= 0.3 is 0 Å². The van der Waals surface area contributed by atoms with Gasteiger partial charge < -0.3 is 9.80 Å². The lowest BCUT2D eigenvalue weighted by atomic mass is 10.00. The summed E-state index contributed by atoms with van der Waals surface area (Å²) in [5.41, 5.74) is 7.73. The number of nitrogens with zero attached hydrogens (tertiary/aromatic N) is 2. The maximum Gasteiger partial charge on any atom is 0.231 e. The van der Waals surface area contributed by atoms with E-state index in [1.54, 1.807) is 0 Å². The highest BCUT2D eigenvalue weighted by molar-refractivity contribution is 6.02. The van der Waals surface area contributed by atoms with Crippen molar-refractivity contribution in [1.29, 1.82) is 0 Å². The van der Waals surface area contributed by atoms with E-state index in [1.807, 2.05) is 37.5 Å². The van der Waals surface area contributed by atoms with Crippen LogP contribution in [0.1, 0.15) is 70.2 Å². The van der Waals surface area contributed by atoms with Crippen molar-refractivity contribution < 1.29 is 9.59 Å². The zero-order valence-corrected chi connectivity index (χ0v) is 18.8. The Morgan fingerprint density at radius 2 is 1.13 bits per heavy atom. The van der Waals surface area contributed by atoms with Gasteiger partial charge in [0.2, 0.25) is 11.8 Å². The van der Waals surface area contributed by atoms with Crippen molar-refractivity contribution in [1.82, 2.24) is 0 Å². The van der Waals surface area contributed by atoms with E-state index in [-0.39, 0.29) is 13.3 Å². The van der Waals surface area contributed by atoms with Crippen LogP contribution in [0.3, 0.4) is 0 Å². The van der Waals surface area contributed by atoms with Crippen LogP contribution >= 0.6 is 0 Å². The Labute approximate surface area is 188 Å². The molecule has 0 N–H and O–H groups in total. The molecule has 0 bridgehead atoms. The molecular weight excluding hydrogens is 384 g/mol. The van der Waals surface area contributed by atoms with Crippen molar-refractivity contribution in [3.8, 4) is 0 Å². The molecule has 4 aliphatic heterocycles. The number of para-hydroxylation sites is 2. The molecule has 0 spiro atoms. The third-order valence-electron chi connectivity index (χ3n) is 5.93. The topological polar surface area (TPSA) is 40.6 Å². The minimum atomic E-state index is 0. The molecular formula is C27H38N2O2. The van der Waals surface area contributed by atoms with E-state index in [0.717, 1.165) is 38.8 Å². The molecule has 31 heavy (non-hydrogen) atoms. The van der Waals surface area contributed by atoms with Crippen LogP contribution in [0.25, 0.3) is 0 Å². The fourth-order valence-corrected chi connectivity index (χ4v) is 4.75. The number of hydrogen-bond acceptors (Lipinski definition) is 2.